The van der Waals surface area contributed by atoms with Crippen molar-refractivity contribution in [2.24, 2.45) is 4.99 Å². The van der Waals surface area contributed by atoms with Crippen molar-refractivity contribution in [1.29, 1.82) is 0 Å². The predicted octanol–water partition coefficient (Wildman–Crippen LogP) is 6.10. The normalized spacial score (nSPS) is 11.1. The van der Waals surface area contributed by atoms with E-state index in [9.17, 15) is 0 Å². The first-order chi connectivity index (χ1) is 10.3. The number of allylic oxidation sites excluding steroid dienone is 1. The molecule has 0 atom stereocenters. The van der Waals surface area contributed by atoms with Crippen molar-refractivity contribution in [3.63, 3.8) is 0 Å². The van der Waals surface area contributed by atoms with Crippen molar-refractivity contribution in [2.45, 2.75) is 4.90 Å². The van der Waals surface area contributed by atoms with Crippen LogP contribution in [0.1, 0.15) is 5.56 Å². The Balaban J connectivity index is 2.06. The smallest absolute Gasteiger partial charge is 0.0783 e. The molecular formula is C17H15IN2S. The lowest BCUT2D eigenvalue weighted by molar-refractivity contribution is 1.38. The van der Waals surface area contributed by atoms with Gasteiger partial charge in [-0.2, -0.15) is 0 Å². The number of hydrogen-bond acceptors (Lipinski definition) is 3. The molecule has 0 aliphatic heterocycles. The molecule has 2 nitrogen and oxygen atoms in total. The maximum Gasteiger partial charge on any atom is 0.0783 e. The summed E-state index contributed by atoms with van der Waals surface area (Å²) >= 11 is 3.73. The number of rotatable bonds is 6. The first-order valence-corrected chi connectivity index (χ1v) is 8.43. The van der Waals surface area contributed by atoms with Crippen LogP contribution < -0.4 is 4.72 Å². The summed E-state index contributed by atoms with van der Waals surface area (Å²) in [6.45, 7) is 3.75. The molecule has 0 bridgehead atoms. The topological polar surface area (TPSA) is 24.4 Å². The summed E-state index contributed by atoms with van der Waals surface area (Å²) in [7, 11) is 0. The second-order valence-electron chi connectivity index (χ2n) is 4.09. The van der Waals surface area contributed by atoms with E-state index in [1.165, 1.54) is 0 Å². The lowest BCUT2D eigenvalue weighted by Gasteiger charge is -2.07. The Morgan fingerprint density at radius 3 is 2.57 bits per heavy atom. The molecule has 0 unspecified atom stereocenters. The maximum atomic E-state index is 4.44. The molecule has 0 aliphatic carbocycles. The van der Waals surface area contributed by atoms with Crippen molar-refractivity contribution in [3.8, 4) is 0 Å². The predicted molar refractivity (Wildman–Crippen MR) is 104 cm³/mol. The van der Waals surface area contributed by atoms with Gasteiger partial charge in [-0.1, -0.05) is 59.5 Å². The second-order valence-corrected chi connectivity index (χ2v) is 5.66. The minimum Gasteiger partial charge on any atom is -0.326 e. The Kier molecular flexibility index (Phi) is 6.56. The molecule has 0 aromatic heterocycles. The summed E-state index contributed by atoms with van der Waals surface area (Å²) in [5, 5.41) is 0. The first kappa shape index (κ1) is 15.9. The molecule has 0 fully saturated rings. The van der Waals surface area contributed by atoms with E-state index in [2.05, 4.69) is 45.0 Å². The summed E-state index contributed by atoms with van der Waals surface area (Å²) in [5.74, 6) is 0. The van der Waals surface area contributed by atoms with Gasteiger partial charge in [0, 0.05) is 11.9 Å². The molecule has 0 heterocycles. The quantitative estimate of drug-likeness (QED) is 0.356. The van der Waals surface area contributed by atoms with E-state index in [1.807, 2.05) is 58.7 Å². The van der Waals surface area contributed by atoms with Crippen molar-refractivity contribution >= 4 is 58.2 Å². The van der Waals surface area contributed by atoms with Gasteiger partial charge in [0.15, 0.2) is 0 Å². The van der Waals surface area contributed by atoms with Gasteiger partial charge in [-0.05, 0) is 51.9 Å². The molecule has 0 amide bonds. The molecule has 2 aromatic rings. The van der Waals surface area contributed by atoms with Crippen molar-refractivity contribution in [1.82, 2.24) is 0 Å². The molecule has 0 spiro atoms. The number of hydrogen-bond donors (Lipinski definition) is 1. The number of halogens is 1. The molecule has 0 radical (unpaired) electrons. The Hall–Kier alpha value is -1.53. The van der Waals surface area contributed by atoms with Crippen LogP contribution in [0.3, 0.4) is 0 Å². The van der Waals surface area contributed by atoms with Gasteiger partial charge in [0.1, 0.15) is 0 Å². The number of benzene rings is 2. The van der Waals surface area contributed by atoms with Crippen LogP contribution in [-0.2, 0) is 0 Å². The molecule has 21 heavy (non-hydrogen) atoms. The van der Waals surface area contributed by atoms with Gasteiger partial charge in [0.2, 0.25) is 0 Å². The van der Waals surface area contributed by atoms with E-state index < -0.39 is 0 Å². The van der Waals surface area contributed by atoms with E-state index in [1.54, 1.807) is 18.2 Å². The number of anilines is 1. The third kappa shape index (κ3) is 5.06. The largest absolute Gasteiger partial charge is 0.326 e. The standard InChI is InChI=1S/C17H15IN2S/c1-2-14-8-10-15(11-9-14)20-21-17-7-4-3-6-16(17)19-13-5-12-18/h2-13,20H,1H2/b12-5-,19-13-. The monoisotopic (exact) mass is 406 g/mol. The van der Waals surface area contributed by atoms with E-state index in [0.717, 1.165) is 21.8 Å². The zero-order valence-electron chi connectivity index (χ0n) is 11.4. The van der Waals surface area contributed by atoms with Crippen LogP contribution in [0.4, 0.5) is 11.4 Å². The fourth-order valence-corrected chi connectivity index (χ4v) is 2.53. The van der Waals surface area contributed by atoms with E-state index in [0.29, 0.717) is 0 Å². The van der Waals surface area contributed by atoms with Crippen LogP contribution in [0.2, 0.25) is 0 Å². The van der Waals surface area contributed by atoms with Gasteiger partial charge in [-0.15, -0.1) is 0 Å². The summed E-state index contributed by atoms with van der Waals surface area (Å²) in [5.41, 5.74) is 3.12. The van der Waals surface area contributed by atoms with Gasteiger partial charge in [0.05, 0.1) is 10.6 Å². The molecule has 2 rings (SSSR count). The number of para-hydroxylation sites is 1. The average Bonchev–Trinajstić information content (AvgIpc) is 2.54. The number of aliphatic imine (C=N–C) groups is 1. The maximum absolute atomic E-state index is 4.44. The zero-order valence-corrected chi connectivity index (χ0v) is 14.3. The fourth-order valence-electron chi connectivity index (χ4n) is 1.61. The second kappa shape index (κ2) is 8.69. The minimum atomic E-state index is 0.951. The third-order valence-corrected chi connectivity index (χ3v) is 3.98. The first-order valence-electron chi connectivity index (χ1n) is 6.37. The minimum absolute atomic E-state index is 0.951. The van der Waals surface area contributed by atoms with Crippen LogP contribution >= 0.6 is 34.5 Å². The van der Waals surface area contributed by atoms with E-state index in [-0.39, 0.29) is 0 Å². The number of nitrogens with zero attached hydrogens (tertiary/aromatic N) is 1. The fraction of sp³-hybridized carbons (Fsp3) is 0. The lowest BCUT2D eigenvalue weighted by atomic mass is 10.2. The average molecular weight is 406 g/mol. The van der Waals surface area contributed by atoms with Crippen LogP contribution in [0.5, 0.6) is 0 Å². The zero-order chi connectivity index (χ0) is 14.9. The van der Waals surface area contributed by atoms with Crippen LogP contribution in [-0.4, -0.2) is 6.21 Å². The van der Waals surface area contributed by atoms with Gasteiger partial charge in [-0.25, -0.2) is 0 Å². The molecule has 0 saturated carbocycles. The Bertz CT molecular complexity index is 648. The lowest BCUT2D eigenvalue weighted by Crippen LogP contribution is -1.87. The molecular weight excluding hydrogens is 391 g/mol. The Morgan fingerprint density at radius 2 is 1.86 bits per heavy atom. The van der Waals surface area contributed by atoms with Crippen molar-refractivity contribution in [2.75, 3.05) is 4.72 Å². The summed E-state index contributed by atoms with van der Waals surface area (Å²) in [4.78, 5) is 5.53. The van der Waals surface area contributed by atoms with Gasteiger partial charge < -0.3 is 4.72 Å². The van der Waals surface area contributed by atoms with Crippen LogP contribution in [0.25, 0.3) is 6.08 Å². The highest BCUT2D eigenvalue weighted by molar-refractivity contribution is 14.1. The van der Waals surface area contributed by atoms with Gasteiger partial charge in [-0.3, -0.25) is 4.99 Å². The summed E-state index contributed by atoms with van der Waals surface area (Å²) in [6.07, 6.45) is 5.54. The molecule has 0 saturated heterocycles. The van der Waals surface area contributed by atoms with Gasteiger partial charge in [0.25, 0.3) is 0 Å². The Labute approximate surface area is 143 Å². The van der Waals surface area contributed by atoms with Crippen LogP contribution in [0.15, 0.2) is 75.2 Å². The SMILES string of the molecule is C=Cc1ccc(NSc2ccccc2/N=C\C=C/I)cc1. The molecule has 2 aromatic carbocycles. The van der Waals surface area contributed by atoms with Crippen LogP contribution in [0, 0.1) is 0 Å². The van der Waals surface area contributed by atoms with Crippen molar-refractivity contribution in [3.05, 3.63) is 70.8 Å². The molecule has 1 N–H and O–H groups in total. The Morgan fingerprint density at radius 1 is 1.10 bits per heavy atom. The van der Waals surface area contributed by atoms with E-state index >= 15 is 0 Å². The summed E-state index contributed by atoms with van der Waals surface area (Å²) < 4.78 is 5.26. The van der Waals surface area contributed by atoms with Gasteiger partial charge >= 0.3 is 0 Å². The molecule has 106 valence electrons. The highest BCUT2D eigenvalue weighted by Gasteiger charge is 2.01. The highest BCUT2D eigenvalue weighted by Crippen LogP contribution is 2.30. The highest BCUT2D eigenvalue weighted by atomic mass is 127. The number of nitrogens with one attached hydrogen (secondary N) is 1. The van der Waals surface area contributed by atoms with Crippen molar-refractivity contribution < 1.29 is 0 Å². The summed E-state index contributed by atoms with van der Waals surface area (Å²) in [6, 6.07) is 16.2. The van der Waals surface area contributed by atoms with E-state index in [4.69, 9.17) is 0 Å². The third-order valence-electron chi connectivity index (χ3n) is 2.66. The molecule has 4 heteroatoms. The molecule has 0 aliphatic rings.